The van der Waals surface area contributed by atoms with Gasteiger partial charge in [0.15, 0.2) is 5.78 Å². The Morgan fingerprint density at radius 1 is 0.939 bits per heavy atom. The molecule has 0 radical (unpaired) electrons. The number of Topliss-reactive ketones (excluding diaryl/α,β-unsaturated/α-hetero) is 1. The van der Waals surface area contributed by atoms with Crippen molar-refractivity contribution < 1.29 is 9.59 Å². The summed E-state index contributed by atoms with van der Waals surface area (Å²) >= 11 is 0. The van der Waals surface area contributed by atoms with Gasteiger partial charge in [-0.15, -0.1) is 0 Å². The molecule has 1 fully saturated rings. The number of rotatable bonds is 6. The average Bonchev–Trinajstić information content (AvgIpc) is 2.83. The van der Waals surface area contributed by atoms with E-state index in [1.807, 2.05) is 4.90 Å². The first-order valence-corrected chi connectivity index (χ1v) is 12.5. The van der Waals surface area contributed by atoms with Crippen molar-refractivity contribution in [3.8, 4) is 0 Å². The monoisotopic (exact) mass is 445 g/mol. The van der Waals surface area contributed by atoms with Gasteiger partial charge in [-0.1, -0.05) is 12.1 Å². The highest BCUT2D eigenvalue weighted by Crippen LogP contribution is 2.37. The Kier molecular flexibility index (Phi) is 6.24. The van der Waals surface area contributed by atoms with Crippen LogP contribution in [0.3, 0.4) is 0 Å². The summed E-state index contributed by atoms with van der Waals surface area (Å²) in [5, 5.41) is 0. The Balaban J connectivity index is 1.15. The molecule has 1 saturated heterocycles. The maximum absolute atomic E-state index is 13.0. The van der Waals surface area contributed by atoms with Gasteiger partial charge in [0.2, 0.25) is 5.91 Å². The lowest BCUT2D eigenvalue weighted by Gasteiger charge is -2.37. The van der Waals surface area contributed by atoms with Crippen molar-refractivity contribution in [2.75, 3.05) is 49.1 Å². The molecule has 0 unspecified atom stereocenters. The summed E-state index contributed by atoms with van der Waals surface area (Å²) < 4.78 is 0. The van der Waals surface area contributed by atoms with Crippen LogP contribution in [0, 0.1) is 13.8 Å². The number of ketones is 1. The Morgan fingerprint density at radius 3 is 2.48 bits per heavy atom. The van der Waals surface area contributed by atoms with Crippen LogP contribution in [0.25, 0.3) is 0 Å². The predicted octanol–water partition coefficient (Wildman–Crippen LogP) is 4.31. The lowest BCUT2D eigenvalue weighted by atomic mass is 9.88. The maximum Gasteiger partial charge on any atom is 0.227 e. The highest BCUT2D eigenvalue weighted by atomic mass is 16.2. The molecule has 0 saturated carbocycles. The average molecular weight is 446 g/mol. The fourth-order valence-electron chi connectivity index (χ4n) is 5.71. The quantitative estimate of drug-likeness (QED) is 0.622. The van der Waals surface area contributed by atoms with Crippen LogP contribution in [0.2, 0.25) is 0 Å². The van der Waals surface area contributed by atoms with Crippen LogP contribution in [0.4, 0.5) is 11.4 Å². The molecule has 2 aromatic rings. The highest BCUT2D eigenvalue weighted by molar-refractivity contribution is 6.01. The number of carbonyl (C=O) groups is 2. The smallest absolute Gasteiger partial charge is 0.227 e. The zero-order valence-electron chi connectivity index (χ0n) is 20.0. The molecule has 33 heavy (non-hydrogen) atoms. The Morgan fingerprint density at radius 2 is 1.70 bits per heavy atom. The molecular formula is C28H35N3O2. The lowest BCUT2D eigenvalue weighted by molar-refractivity contribution is -0.119. The van der Waals surface area contributed by atoms with Gasteiger partial charge in [-0.2, -0.15) is 0 Å². The summed E-state index contributed by atoms with van der Waals surface area (Å²) in [6, 6.07) is 10.7. The van der Waals surface area contributed by atoms with E-state index in [1.165, 1.54) is 27.9 Å². The van der Waals surface area contributed by atoms with Gasteiger partial charge in [-0.25, -0.2) is 0 Å². The highest BCUT2D eigenvalue weighted by Gasteiger charge is 2.30. The Labute approximate surface area is 197 Å². The third-order valence-electron chi connectivity index (χ3n) is 7.76. The van der Waals surface area contributed by atoms with E-state index < -0.39 is 0 Å². The number of anilines is 2. The van der Waals surface area contributed by atoms with E-state index in [0.717, 1.165) is 76.2 Å². The van der Waals surface area contributed by atoms with Crippen LogP contribution in [0.1, 0.15) is 58.3 Å². The van der Waals surface area contributed by atoms with E-state index >= 15 is 0 Å². The number of hydrogen-bond acceptors (Lipinski definition) is 4. The molecule has 1 amide bonds. The number of aryl methyl sites for hydroxylation is 3. The standard InChI is InChI=1S/C28H35N3O2/c1-20-6-3-8-25(21(20)2)30-16-14-29(15-17-30)12-5-9-26(32)24-18-22-7-4-13-31-27(33)11-10-23(19-24)28(22)31/h3,6,8,18-19H,4-5,7,9-17H2,1-2H3. The van der Waals surface area contributed by atoms with Crippen LogP contribution in [-0.4, -0.2) is 55.9 Å². The number of carbonyl (C=O) groups excluding carboxylic acids is 2. The van der Waals surface area contributed by atoms with Crippen molar-refractivity contribution in [1.29, 1.82) is 0 Å². The fraction of sp³-hybridized carbons (Fsp3) is 0.500. The van der Waals surface area contributed by atoms with Crippen LogP contribution >= 0.6 is 0 Å². The van der Waals surface area contributed by atoms with Gasteiger partial charge in [0.05, 0.1) is 5.69 Å². The van der Waals surface area contributed by atoms with Gasteiger partial charge < -0.3 is 9.80 Å². The van der Waals surface area contributed by atoms with Crippen LogP contribution < -0.4 is 9.80 Å². The molecule has 5 rings (SSSR count). The summed E-state index contributed by atoms with van der Waals surface area (Å²) in [6.07, 6.45) is 4.79. The molecule has 3 aliphatic rings. The van der Waals surface area contributed by atoms with Crippen molar-refractivity contribution in [1.82, 2.24) is 4.90 Å². The summed E-state index contributed by atoms with van der Waals surface area (Å²) in [5.41, 5.74) is 8.43. The molecule has 0 aliphatic carbocycles. The molecule has 174 valence electrons. The van der Waals surface area contributed by atoms with E-state index in [-0.39, 0.29) is 11.7 Å². The van der Waals surface area contributed by atoms with Crippen LogP contribution in [0.5, 0.6) is 0 Å². The molecular weight excluding hydrogens is 410 g/mol. The van der Waals surface area contributed by atoms with E-state index in [1.54, 1.807) is 0 Å². The van der Waals surface area contributed by atoms with Crippen molar-refractivity contribution in [2.24, 2.45) is 0 Å². The fourth-order valence-corrected chi connectivity index (χ4v) is 5.71. The number of benzene rings is 2. The number of amides is 1. The molecule has 0 bridgehead atoms. The molecule has 5 nitrogen and oxygen atoms in total. The largest absolute Gasteiger partial charge is 0.369 e. The topological polar surface area (TPSA) is 43.9 Å². The second kappa shape index (κ2) is 9.30. The van der Waals surface area contributed by atoms with Crippen molar-refractivity contribution in [3.63, 3.8) is 0 Å². The van der Waals surface area contributed by atoms with Gasteiger partial charge in [0.1, 0.15) is 0 Å². The first-order chi connectivity index (χ1) is 16.0. The van der Waals surface area contributed by atoms with Gasteiger partial charge in [-0.3, -0.25) is 14.5 Å². The maximum atomic E-state index is 13.0. The Hall–Kier alpha value is -2.66. The zero-order chi connectivity index (χ0) is 22.9. The molecule has 3 heterocycles. The zero-order valence-corrected chi connectivity index (χ0v) is 20.0. The third-order valence-corrected chi connectivity index (χ3v) is 7.76. The van der Waals surface area contributed by atoms with Crippen molar-refractivity contribution in [3.05, 3.63) is 58.1 Å². The van der Waals surface area contributed by atoms with E-state index in [0.29, 0.717) is 12.8 Å². The van der Waals surface area contributed by atoms with Gasteiger partial charge in [-0.05, 0) is 86.5 Å². The normalized spacial score (nSPS) is 18.4. The molecule has 5 heteroatoms. The van der Waals surface area contributed by atoms with E-state index in [9.17, 15) is 9.59 Å². The summed E-state index contributed by atoms with van der Waals surface area (Å²) in [7, 11) is 0. The minimum Gasteiger partial charge on any atom is -0.369 e. The third kappa shape index (κ3) is 4.43. The number of piperazine rings is 1. The molecule has 0 aromatic heterocycles. The van der Waals surface area contributed by atoms with E-state index in [4.69, 9.17) is 0 Å². The second-order valence-electron chi connectivity index (χ2n) is 9.87. The summed E-state index contributed by atoms with van der Waals surface area (Å²) in [5.74, 6) is 0.484. The van der Waals surface area contributed by atoms with Crippen LogP contribution in [-0.2, 0) is 17.6 Å². The van der Waals surface area contributed by atoms with Gasteiger partial charge in [0, 0.05) is 56.8 Å². The van der Waals surface area contributed by atoms with E-state index in [2.05, 4.69) is 54.0 Å². The molecule has 0 spiro atoms. The Bertz CT molecular complexity index is 1050. The first-order valence-electron chi connectivity index (χ1n) is 12.5. The first kappa shape index (κ1) is 22.1. The minimum absolute atomic E-state index is 0.236. The van der Waals surface area contributed by atoms with Crippen LogP contribution in [0.15, 0.2) is 30.3 Å². The lowest BCUT2D eigenvalue weighted by Crippen LogP contribution is -2.46. The number of hydrogen-bond donors (Lipinski definition) is 0. The second-order valence-corrected chi connectivity index (χ2v) is 9.87. The van der Waals surface area contributed by atoms with Gasteiger partial charge in [0.25, 0.3) is 0 Å². The SMILES string of the molecule is Cc1cccc(N2CCN(CCCC(=O)c3cc4c5c(c3)CCC(=O)N5CCC4)CC2)c1C. The number of nitrogens with zero attached hydrogens (tertiary/aromatic N) is 3. The predicted molar refractivity (Wildman–Crippen MR) is 134 cm³/mol. The summed E-state index contributed by atoms with van der Waals surface area (Å²) in [4.78, 5) is 32.2. The van der Waals surface area contributed by atoms with Gasteiger partial charge >= 0.3 is 0 Å². The molecule has 0 N–H and O–H groups in total. The molecule has 3 aliphatic heterocycles. The molecule has 2 aromatic carbocycles. The van der Waals surface area contributed by atoms with Crippen molar-refractivity contribution >= 4 is 23.1 Å². The summed E-state index contributed by atoms with van der Waals surface area (Å²) in [6.45, 7) is 10.4. The molecule has 0 atom stereocenters. The van der Waals surface area contributed by atoms with Crippen molar-refractivity contribution in [2.45, 2.75) is 52.4 Å². The minimum atomic E-state index is 0.236.